The zero-order valence-electron chi connectivity index (χ0n) is 14.9. The third-order valence-electron chi connectivity index (χ3n) is 4.02. The molecule has 1 aliphatic rings. The van der Waals surface area contributed by atoms with Crippen molar-refractivity contribution in [2.24, 2.45) is 15.3 Å². The Labute approximate surface area is 159 Å². The van der Waals surface area contributed by atoms with Gasteiger partial charge in [0, 0.05) is 21.7 Å². The fraction of sp³-hybridized carbons (Fsp3) is 0.533. The summed E-state index contributed by atoms with van der Waals surface area (Å²) in [6.45, 7) is 1.27. The highest BCUT2D eigenvalue weighted by molar-refractivity contribution is 5.73. The number of hydrogen-bond donors (Lipinski definition) is 1. The highest BCUT2D eigenvalue weighted by atomic mass is 16.7. The average molecular weight is 386 g/mol. The van der Waals surface area contributed by atoms with Crippen molar-refractivity contribution in [2.45, 2.75) is 44.1 Å². The molecule has 13 heteroatoms. The summed E-state index contributed by atoms with van der Waals surface area (Å²) in [7, 11) is 0. The summed E-state index contributed by atoms with van der Waals surface area (Å²) in [6, 6.07) is 6.34. The SMILES string of the molecule is CC(=O)N[C@@H]1[C@H](OCc2ccccc2)O[C@H](CN=[N+]=[N-])[C@H](N=[N+]=[N-])[C@@H]1N=[N+]=[N-]. The van der Waals surface area contributed by atoms with E-state index in [1.54, 1.807) is 0 Å². The number of nitrogens with zero attached hydrogens (tertiary/aromatic N) is 9. The molecule has 146 valence electrons. The van der Waals surface area contributed by atoms with Gasteiger partial charge >= 0.3 is 0 Å². The van der Waals surface area contributed by atoms with Crippen molar-refractivity contribution < 1.29 is 14.3 Å². The number of rotatable bonds is 8. The molecular formula is C15H18N10O3. The quantitative estimate of drug-likeness (QED) is 0.408. The number of azide groups is 3. The summed E-state index contributed by atoms with van der Waals surface area (Å²) < 4.78 is 11.6. The predicted molar refractivity (Wildman–Crippen MR) is 97.4 cm³/mol. The van der Waals surface area contributed by atoms with Crippen molar-refractivity contribution in [3.05, 3.63) is 67.2 Å². The molecule has 28 heavy (non-hydrogen) atoms. The van der Waals surface area contributed by atoms with E-state index in [0.29, 0.717) is 0 Å². The molecule has 2 rings (SSSR count). The molecule has 1 aromatic carbocycles. The molecule has 1 heterocycles. The second-order valence-electron chi connectivity index (χ2n) is 5.87. The minimum Gasteiger partial charge on any atom is -0.348 e. The van der Waals surface area contributed by atoms with Crippen LogP contribution in [-0.4, -0.2) is 43.0 Å². The minimum atomic E-state index is -1.02. The van der Waals surface area contributed by atoms with Crippen LogP contribution in [0.3, 0.4) is 0 Å². The summed E-state index contributed by atoms with van der Waals surface area (Å²) in [6.07, 6.45) is -1.92. The Morgan fingerprint density at radius 2 is 1.82 bits per heavy atom. The van der Waals surface area contributed by atoms with Gasteiger partial charge in [-0.05, 0) is 22.2 Å². The molecule has 1 aromatic rings. The zero-order chi connectivity index (χ0) is 20.4. The van der Waals surface area contributed by atoms with Gasteiger partial charge in [0.1, 0.15) is 0 Å². The van der Waals surface area contributed by atoms with Crippen molar-refractivity contribution >= 4 is 5.91 Å². The zero-order valence-corrected chi connectivity index (χ0v) is 14.9. The summed E-state index contributed by atoms with van der Waals surface area (Å²) in [5.41, 5.74) is 27.3. The van der Waals surface area contributed by atoms with Crippen LogP contribution >= 0.6 is 0 Å². The van der Waals surface area contributed by atoms with E-state index < -0.39 is 36.4 Å². The van der Waals surface area contributed by atoms with Crippen LogP contribution in [0.5, 0.6) is 0 Å². The second-order valence-corrected chi connectivity index (χ2v) is 5.87. The van der Waals surface area contributed by atoms with Gasteiger partial charge < -0.3 is 14.8 Å². The smallest absolute Gasteiger partial charge is 0.217 e. The predicted octanol–water partition coefficient (Wildman–Crippen LogP) is 3.10. The van der Waals surface area contributed by atoms with Crippen molar-refractivity contribution in [1.29, 1.82) is 0 Å². The van der Waals surface area contributed by atoms with Crippen LogP contribution in [0.1, 0.15) is 12.5 Å². The van der Waals surface area contributed by atoms with E-state index in [1.807, 2.05) is 30.3 Å². The van der Waals surface area contributed by atoms with Crippen LogP contribution in [0.4, 0.5) is 0 Å². The van der Waals surface area contributed by atoms with Crippen LogP contribution in [0.2, 0.25) is 0 Å². The fourth-order valence-electron chi connectivity index (χ4n) is 2.88. The first-order chi connectivity index (χ1) is 13.6. The number of carbonyl (C=O) groups is 1. The Kier molecular flexibility index (Phi) is 7.92. The lowest BCUT2D eigenvalue weighted by molar-refractivity contribution is -0.219. The molecule has 5 atom stereocenters. The van der Waals surface area contributed by atoms with Gasteiger partial charge in [0.15, 0.2) is 6.29 Å². The van der Waals surface area contributed by atoms with E-state index >= 15 is 0 Å². The van der Waals surface area contributed by atoms with Gasteiger partial charge in [-0.15, -0.1) is 0 Å². The third kappa shape index (κ3) is 5.52. The normalized spacial score (nSPS) is 26.1. The van der Waals surface area contributed by atoms with E-state index in [9.17, 15) is 4.79 Å². The highest BCUT2D eigenvalue weighted by Gasteiger charge is 2.46. The van der Waals surface area contributed by atoms with Gasteiger partial charge in [0.2, 0.25) is 5.91 Å². The van der Waals surface area contributed by atoms with Crippen LogP contribution < -0.4 is 5.32 Å². The summed E-state index contributed by atoms with van der Waals surface area (Å²) in [4.78, 5) is 19.9. The largest absolute Gasteiger partial charge is 0.348 e. The Balaban J connectivity index is 2.34. The monoisotopic (exact) mass is 386 g/mol. The molecule has 0 saturated carbocycles. The van der Waals surface area contributed by atoms with E-state index in [0.717, 1.165) is 5.56 Å². The van der Waals surface area contributed by atoms with Crippen molar-refractivity contribution in [1.82, 2.24) is 5.32 Å². The fourth-order valence-corrected chi connectivity index (χ4v) is 2.88. The van der Waals surface area contributed by atoms with Crippen LogP contribution in [-0.2, 0) is 20.9 Å². The number of nitrogens with one attached hydrogen (secondary N) is 1. The third-order valence-corrected chi connectivity index (χ3v) is 4.02. The molecular weight excluding hydrogens is 368 g/mol. The Hall–Kier alpha value is -3.46. The Bertz CT molecular complexity index is 815. The maximum Gasteiger partial charge on any atom is 0.217 e. The maximum absolute atomic E-state index is 11.7. The molecule has 1 N–H and O–H groups in total. The molecule has 13 nitrogen and oxygen atoms in total. The Morgan fingerprint density at radius 1 is 1.14 bits per heavy atom. The van der Waals surface area contributed by atoms with Crippen LogP contribution in [0.25, 0.3) is 31.3 Å². The topological polar surface area (TPSA) is 194 Å². The number of hydrogen-bond acceptors (Lipinski definition) is 6. The van der Waals surface area contributed by atoms with Gasteiger partial charge in [-0.25, -0.2) is 0 Å². The standard InChI is InChI=1S/C15H18N10O3/c1-9(26)20-14-13(22-25-18)12(21-24-17)11(7-19-23-16)28-15(14)27-8-10-5-3-2-4-6-10/h2-6,11-15H,7-8H2,1H3,(H,20,26)/t11-,12+,13+,14+,15-/m1/s1. The maximum atomic E-state index is 11.7. The number of ether oxygens (including phenoxy) is 2. The van der Waals surface area contributed by atoms with E-state index in [2.05, 4.69) is 35.4 Å². The van der Waals surface area contributed by atoms with E-state index in [-0.39, 0.29) is 13.2 Å². The molecule has 0 aromatic heterocycles. The van der Waals surface area contributed by atoms with Gasteiger partial charge in [-0.3, -0.25) is 4.79 Å². The van der Waals surface area contributed by atoms with Crippen LogP contribution in [0, 0.1) is 0 Å². The van der Waals surface area contributed by atoms with Crippen molar-refractivity contribution in [3.8, 4) is 0 Å². The molecule has 1 saturated heterocycles. The lowest BCUT2D eigenvalue weighted by Crippen LogP contribution is -2.63. The summed E-state index contributed by atoms with van der Waals surface area (Å²) in [5.74, 6) is -0.409. The summed E-state index contributed by atoms with van der Waals surface area (Å²) in [5, 5.41) is 13.4. The lowest BCUT2D eigenvalue weighted by atomic mass is 9.92. The summed E-state index contributed by atoms with van der Waals surface area (Å²) >= 11 is 0. The van der Waals surface area contributed by atoms with E-state index in [4.69, 9.17) is 26.1 Å². The first-order valence-electron chi connectivity index (χ1n) is 8.28. The highest BCUT2D eigenvalue weighted by Crippen LogP contribution is 2.28. The Morgan fingerprint density at radius 3 is 2.43 bits per heavy atom. The van der Waals surface area contributed by atoms with Gasteiger partial charge in [-0.1, -0.05) is 45.7 Å². The van der Waals surface area contributed by atoms with Gasteiger partial charge in [-0.2, -0.15) is 0 Å². The number of amides is 1. The average Bonchev–Trinajstić information content (AvgIpc) is 2.69. The number of benzene rings is 1. The van der Waals surface area contributed by atoms with Crippen molar-refractivity contribution in [3.63, 3.8) is 0 Å². The number of carbonyl (C=O) groups excluding carboxylic acids is 1. The second kappa shape index (κ2) is 10.6. The molecule has 0 spiro atoms. The first kappa shape index (κ1) is 20.8. The first-order valence-corrected chi connectivity index (χ1v) is 8.28. The molecule has 1 fully saturated rings. The molecule has 1 amide bonds. The molecule has 0 radical (unpaired) electrons. The molecule has 0 unspecified atom stereocenters. The van der Waals surface area contributed by atoms with E-state index in [1.165, 1.54) is 6.92 Å². The molecule has 0 aliphatic carbocycles. The van der Waals surface area contributed by atoms with Gasteiger partial charge in [0.25, 0.3) is 0 Å². The lowest BCUT2D eigenvalue weighted by Gasteiger charge is -2.43. The minimum absolute atomic E-state index is 0.158. The van der Waals surface area contributed by atoms with Crippen LogP contribution in [0.15, 0.2) is 45.7 Å². The van der Waals surface area contributed by atoms with Gasteiger partial charge in [0.05, 0.1) is 37.4 Å². The van der Waals surface area contributed by atoms with Crippen molar-refractivity contribution in [2.75, 3.05) is 6.54 Å². The molecule has 0 bridgehead atoms. The molecule has 1 aliphatic heterocycles.